The van der Waals surface area contributed by atoms with Crippen LogP contribution < -0.4 is 0 Å². The van der Waals surface area contributed by atoms with E-state index in [1.54, 1.807) is 20.8 Å². The first kappa shape index (κ1) is 9.57. The van der Waals surface area contributed by atoms with Crippen LogP contribution in [0.25, 0.3) is 0 Å². The van der Waals surface area contributed by atoms with Gasteiger partial charge in [-0.15, -0.1) is 0 Å². The Labute approximate surface area is 75.3 Å². The SMILES string of the molecule is CC(C)(C)OC(=O)c1nc([O])co1. The highest BCUT2D eigenvalue weighted by molar-refractivity contribution is 5.84. The molecule has 0 atom stereocenters. The third-order valence-electron chi connectivity index (χ3n) is 1.06. The van der Waals surface area contributed by atoms with Crippen molar-refractivity contribution >= 4 is 5.97 Å². The first-order valence-corrected chi connectivity index (χ1v) is 3.74. The van der Waals surface area contributed by atoms with Crippen LogP contribution in [0.1, 0.15) is 31.5 Å². The van der Waals surface area contributed by atoms with Crippen LogP contribution in [0.15, 0.2) is 10.7 Å². The fourth-order valence-corrected chi connectivity index (χ4v) is 0.675. The molecule has 0 unspecified atom stereocenters. The molecule has 0 amide bonds. The average molecular weight is 184 g/mol. The lowest BCUT2D eigenvalue weighted by Crippen LogP contribution is -2.24. The summed E-state index contributed by atoms with van der Waals surface area (Å²) < 4.78 is 9.48. The van der Waals surface area contributed by atoms with Crippen molar-refractivity contribution in [2.45, 2.75) is 26.4 Å². The van der Waals surface area contributed by atoms with Crippen molar-refractivity contribution < 1.29 is 19.1 Å². The molecule has 1 radical (unpaired) electrons. The predicted molar refractivity (Wildman–Crippen MR) is 41.8 cm³/mol. The van der Waals surface area contributed by atoms with Crippen molar-refractivity contribution in [1.82, 2.24) is 4.98 Å². The average Bonchev–Trinajstić information content (AvgIpc) is 2.31. The highest BCUT2D eigenvalue weighted by Gasteiger charge is 2.22. The predicted octanol–water partition coefficient (Wildman–Crippen LogP) is 1.77. The molecule has 0 aliphatic carbocycles. The molecule has 0 aromatic carbocycles. The maximum Gasteiger partial charge on any atom is 0.395 e. The van der Waals surface area contributed by atoms with Crippen molar-refractivity contribution in [3.05, 3.63) is 12.2 Å². The van der Waals surface area contributed by atoms with Crippen LogP contribution in [0.5, 0.6) is 5.88 Å². The second kappa shape index (κ2) is 3.08. The van der Waals surface area contributed by atoms with E-state index in [9.17, 15) is 9.90 Å². The summed E-state index contributed by atoms with van der Waals surface area (Å²) in [4.78, 5) is 14.5. The molecular formula is C8H10NO4. The minimum atomic E-state index is -0.727. The summed E-state index contributed by atoms with van der Waals surface area (Å²) in [6, 6.07) is 0. The largest absolute Gasteiger partial charge is 0.453 e. The Morgan fingerprint density at radius 1 is 1.54 bits per heavy atom. The second-order valence-corrected chi connectivity index (χ2v) is 3.49. The molecule has 1 rings (SSSR count). The summed E-state index contributed by atoms with van der Waals surface area (Å²) in [5, 5.41) is 10.5. The Balaban J connectivity index is 2.70. The van der Waals surface area contributed by atoms with Crippen molar-refractivity contribution in [3.8, 4) is 5.88 Å². The van der Waals surface area contributed by atoms with Crippen molar-refractivity contribution in [2.24, 2.45) is 0 Å². The molecule has 0 aliphatic heterocycles. The van der Waals surface area contributed by atoms with Gasteiger partial charge >= 0.3 is 17.7 Å². The zero-order chi connectivity index (χ0) is 10.1. The van der Waals surface area contributed by atoms with Gasteiger partial charge in [0.15, 0.2) is 6.26 Å². The number of hydrogen-bond donors (Lipinski definition) is 0. The first-order chi connectivity index (χ1) is 5.88. The number of aromatic nitrogens is 1. The van der Waals surface area contributed by atoms with E-state index < -0.39 is 17.5 Å². The Morgan fingerprint density at radius 2 is 2.15 bits per heavy atom. The molecule has 0 saturated carbocycles. The van der Waals surface area contributed by atoms with Gasteiger partial charge in [-0.05, 0) is 20.8 Å². The molecule has 13 heavy (non-hydrogen) atoms. The zero-order valence-corrected chi connectivity index (χ0v) is 7.66. The van der Waals surface area contributed by atoms with Crippen LogP contribution in [-0.4, -0.2) is 16.6 Å². The van der Waals surface area contributed by atoms with Gasteiger partial charge in [0.25, 0.3) is 0 Å². The van der Waals surface area contributed by atoms with Gasteiger partial charge in [0.2, 0.25) is 0 Å². The lowest BCUT2D eigenvalue weighted by Gasteiger charge is -2.17. The van der Waals surface area contributed by atoms with E-state index in [0.717, 1.165) is 6.26 Å². The third kappa shape index (κ3) is 2.77. The van der Waals surface area contributed by atoms with Crippen LogP contribution >= 0.6 is 0 Å². The highest BCUT2D eigenvalue weighted by atomic mass is 16.6. The van der Waals surface area contributed by atoms with Crippen LogP contribution in [0, 0.1) is 0 Å². The normalized spacial score (nSPS) is 11.3. The maximum atomic E-state index is 11.2. The minimum absolute atomic E-state index is 0.306. The van der Waals surface area contributed by atoms with Crippen molar-refractivity contribution in [1.29, 1.82) is 0 Å². The van der Waals surface area contributed by atoms with Gasteiger partial charge in [-0.25, -0.2) is 4.79 Å². The monoisotopic (exact) mass is 184 g/mol. The molecular weight excluding hydrogens is 174 g/mol. The molecule has 5 heteroatoms. The van der Waals surface area contributed by atoms with Gasteiger partial charge in [0.05, 0.1) is 0 Å². The van der Waals surface area contributed by atoms with E-state index in [1.807, 2.05) is 0 Å². The van der Waals surface area contributed by atoms with Crippen molar-refractivity contribution in [3.63, 3.8) is 0 Å². The number of hydrogen-bond acceptors (Lipinski definition) is 4. The lowest BCUT2D eigenvalue weighted by molar-refractivity contribution is 0.00269. The van der Waals surface area contributed by atoms with E-state index >= 15 is 0 Å². The smallest absolute Gasteiger partial charge is 0.395 e. The van der Waals surface area contributed by atoms with E-state index in [-0.39, 0.29) is 5.89 Å². The van der Waals surface area contributed by atoms with Crippen molar-refractivity contribution in [2.75, 3.05) is 0 Å². The molecule has 0 bridgehead atoms. The Morgan fingerprint density at radius 3 is 2.54 bits per heavy atom. The van der Waals surface area contributed by atoms with E-state index in [0.29, 0.717) is 0 Å². The van der Waals surface area contributed by atoms with E-state index in [2.05, 4.69) is 9.40 Å². The number of oxazole rings is 1. The van der Waals surface area contributed by atoms with Gasteiger partial charge < -0.3 is 9.15 Å². The Hall–Kier alpha value is -1.52. The molecule has 0 fully saturated rings. The fourth-order valence-electron chi connectivity index (χ4n) is 0.675. The Kier molecular flexibility index (Phi) is 2.27. The molecule has 0 spiro atoms. The number of esters is 1. The van der Waals surface area contributed by atoms with Crippen LogP contribution in [0.4, 0.5) is 0 Å². The van der Waals surface area contributed by atoms with E-state index in [1.165, 1.54) is 0 Å². The minimum Gasteiger partial charge on any atom is -0.453 e. The summed E-state index contributed by atoms with van der Waals surface area (Å²) in [7, 11) is 0. The molecule has 1 heterocycles. The molecule has 0 N–H and O–H groups in total. The number of ether oxygens (including phenoxy) is 1. The second-order valence-electron chi connectivity index (χ2n) is 3.49. The standard InChI is InChI=1S/C8H10NO4/c1-8(2,3)13-7(11)6-9-5(10)4-12-6/h4H,1-3H3. The molecule has 71 valence electrons. The van der Waals surface area contributed by atoms with Gasteiger partial charge in [-0.3, -0.25) is 5.11 Å². The van der Waals surface area contributed by atoms with Gasteiger partial charge in [0.1, 0.15) is 5.60 Å². The molecule has 1 aromatic heterocycles. The first-order valence-electron chi connectivity index (χ1n) is 3.74. The zero-order valence-electron chi connectivity index (χ0n) is 7.66. The molecule has 5 nitrogen and oxygen atoms in total. The van der Waals surface area contributed by atoms with Crippen LogP contribution in [0.2, 0.25) is 0 Å². The quantitative estimate of drug-likeness (QED) is 0.623. The van der Waals surface area contributed by atoms with Crippen LogP contribution in [-0.2, 0) is 9.84 Å². The number of carbonyl (C=O) groups is 1. The van der Waals surface area contributed by atoms with Gasteiger partial charge in [0, 0.05) is 0 Å². The number of nitrogens with zero attached hydrogens (tertiary/aromatic N) is 1. The summed E-state index contributed by atoms with van der Waals surface area (Å²) in [6.07, 6.45) is 0.860. The van der Waals surface area contributed by atoms with Gasteiger partial charge in [-0.2, -0.15) is 4.98 Å². The maximum absolute atomic E-state index is 11.2. The summed E-state index contributed by atoms with van der Waals surface area (Å²) in [6.45, 7) is 5.14. The fraction of sp³-hybridized carbons (Fsp3) is 0.500. The number of rotatable bonds is 1. The highest BCUT2D eigenvalue weighted by Crippen LogP contribution is 2.14. The topological polar surface area (TPSA) is 72.2 Å². The van der Waals surface area contributed by atoms with Gasteiger partial charge in [-0.1, -0.05) is 0 Å². The molecule has 0 aliphatic rings. The summed E-state index contributed by atoms with van der Waals surface area (Å²) in [5.74, 6) is -1.62. The molecule has 0 saturated heterocycles. The molecule has 1 aromatic rings. The summed E-state index contributed by atoms with van der Waals surface area (Å²) in [5.41, 5.74) is -0.616. The van der Waals surface area contributed by atoms with Crippen LogP contribution in [0.3, 0.4) is 0 Å². The Bertz CT molecular complexity index is 310. The third-order valence-corrected chi connectivity index (χ3v) is 1.06. The lowest BCUT2D eigenvalue weighted by atomic mass is 10.2. The van der Waals surface area contributed by atoms with E-state index in [4.69, 9.17) is 4.74 Å². The summed E-state index contributed by atoms with van der Waals surface area (Å²) >= 11 is 0. The number of carbonyl (C=O) groups excluding carboxylic acids is 1.